The highest BCUT2D eigenvalue weighted by Crippen LogP contribution is 2.21. The third kappa shape index (κ3) is 4.99. The number of hydrogen-bond donors (Lipinski definition) is 2. The second kappa shape index (κ2) is 8.57. The number of pyridine rings is 1. The SMILES string of the molecule is ONC(=NCc1cc(F)ccc1F)c1ccc(Oc2ccc(Cl)cc2)nc1. The Kier molecular flexibility index (Phi) is 5.95. The summed E-state index contributed by atoms with van der Waals surface area (Å²) in [6.07, 6.45) is 1.43. The molecular formula is C19H14ClF2N3O2. The number of hydroxylamine groups is 1. The average Bonchev–Trinajstić information content (AvgIpc) is 2.68. The molecule has 27 heavy (non-hydrogen) atoms. The number of aliphatic imine (C=N–C) groups is 1. The molecule has 0 fully saturated rings. The maximum absolute atomic E-state index is 13.7. The van der Waals surface area contributed by atoms with Gasteiger partial charge in [0.05, 0.1) is 6.54 Å². The molecule has 2 aromatic carbocycles. The van der Waals surface area contributed by atoms with Crippen LogP contribution in [0.25, 0.3) is 0 Å². The van der Waals surface area contributed by atoms with E-state index in [0.29, 0.717) is 22.2 Å². The summed E-state index contributed by atoms with van der Waals surface area (Å²) >= 11 is 5.82. The van der Waals surface area contributed by atoms with E-state index in [9.17, 15) is 14.0 Å². The Bertz CT molecular complexity index is 948. The molecule has 5 nitrogen and oxygen atoms in total. The highest BCUT2D eigenvalue weighted by atomic mass is 35.5. The molecule has 0 saturated carbocycles. The number of halogens is 3. The Morgan fingerprint density at radius 1 is 1.11 bits per heavy atom. The van der Waals surface area contributed by atoms with Crippen molar-refractivity contribution in [3.8, 4) is 11.6 Å². The summed E-state index contributed by atoms with van der Waals surface area (Å²) in [5.74, 6) is -0.193. The Labute approximate surface area is 158 Å². The van der Waals surface area contributed by atoms with Gasteiger partial charge in [-0.15, -0.1) is 0 Å². The molecule has 0 aliphatic heterocycles. The van der Waals surface area contributed by atoms with Crippen LogP contribution < -0.4 is 10.2 Å². The normalized spacial score (nSPS) is 11.3. The highest BCUT2D eigenvalue weighted by molar-refractivity contribution is 6.30. The average molecular weight is 390 g/mol. The zero-order valence-electron chi connectivity index (χ0n) is 13.9. The quantitative estimate of drug-likeness (QED) is 0.376. The van der Waals surface area contributed by atoms with E-state index in [2.05, 4.69) is 9.98 Å². The van der Waals surface area contributed by atoms with Crippen LogP contribution in [0.3, 0.4) is 0 Å². The molecular weight excluding hydrogens is 376 g/mol. The Morgan fingerprint density at radius 2 is 1.89 bits per heavy atom. The van der Waals surface area contributed by atoms with Gasteiger partial charge < -0.3 is 4.74 Å². The molecule has 8 heteroatoms. The van der Waals surface area contributed by atoms with Gasteiger partial charge in [-0.3, -0.25) is 15.7 Å². The van der Waals surface area contributed by atoms with Gasteiger partial charge in [0.2, 0.25) is 5.88 Å². The first-order valence-electron chi connectivity index (χ1n) is 7.83. The van der Waals surface area contributed by atoms with Crippen molar-refractivity contribution in [3.05, 3.63) is 88.6 Å². The molecule has 0 saturated heterocycles. The van der Waals surface area contributed by atoms with E-state index < -0.39 is 11.6 Å². The van der Waals surface area contributed by atoms with Crippen molar-refractivity contribution >= 4 is 17.4 Å². The molecule has 0 bridgehead atoms. The topological polar surface area (TPSA) is 66.7 Å². The molecule has 0 amide bonds. The Morgan fingerprint density at radius 3 is 2.56 bits per heavy atom. The van der Waals surface area contributed by atoms with Crippen LogP contribution in [-0.2, 0) is 6.54 Å². The summed E-state index contributed by atoms with van der Waals surface area (Å²) in [4.78, 5) is 8.19. The molecule has 3 rings (SSSR count). The molecule has 3 aromatic rings. The molecule has 0 atom stereocenters. The van der Waals surface area contributed by atoms with Crippen LogP contribution >= 0.6 is 11.6 Å². The summed E-state index contributed by atoms with van der Waals surface area (Å²) in [6, 6.07) is 13.1. The van der Waals surface area contributed by atoms with Crippen molar-refractivity contribution in [1.82, 2.24) is 10.5 Å². The summed E-state index contributed by atoms with van der Waals surface area (Å²) in [5, 5.41) is 9.88. The third-order valence-corrected chi connectivity index (χ3v) is 3.82. The summed E-state index contributed by atoms with van der Waals surface area (Å²) in [6.45, 7) is -0.157. The number of rotatable bonds is 5. The van der Waals surface area contributed by atoms with E-state index in [0.717, 1.165) is 18.2 Å². The van der Waals surface area contributed by atoms with Crippen molar-refractivity contribution in [2.24, 2.45) is 4.99 Å². The van der Waals surface area contributed by atoms with Crippen LogP contribution in [0.1, 0.15) is 11.1 Å². The summed E-state index contributed by atoms with van der Waals surface area (Å²) in [7, 11) is 0. The molecule has 2 N–H and O–H groups in total. The van der Waals surface area contributed by atoms with Gasteiger partial charge in [-0.1, -0.05) is 11.6 Å². The lowest BCUT2D eigenvalue weighted by Crippen LogP contribution is -2.20. The molecule has 0 aliphatic rings. The zero-order chi connectivity index (χ0) is 19.2. The molecule has 0 unspecified atom stereocenters. The van der Waals surface area contributed by atoms with E-state index in [4.69, 9.17) is 16.3 Å². The smallest absolute Gasteiger partial charge is 0.219 e. The molecule has 0 spiro atoms. The number of amidine groups is 1. The Balaban J connectivity index is 1.73. The van der Waals surface area contributed by atoms with Crippen molar-refractivity contribution in [2.45, 2.75) is 6.54 Å². The number of nitrogens with zero attached hydrogens (tertiary/aromatic N) is 2. The van der Waals surface area contributed by atoms with E-state index >= 15 is 0 Å². The molecule has 1 heterocycles. The number of aromatic nitrogens is 1. The lowest BCUT2D eigenvalue weighted by Gasteiger charge is -2.08. The predicted molar refractivity (Wildman–Crippen MR) is 97.3 cm³/mol. The number of hydrogen-bond acceptors (Lipinski definition) is 4. The fraction of sp³-hybridized carbons (Fsp3) is 0.0526. The Hall–Kier alpha value is -3.03. The minimum Gasteiger partial charge on any atom is -0.439 e. The molecule has 138 valence electrons. The van der Waals surface area contributed by atoms with Crippen LogP contribution in [0, 0.1) is 11.6 Å². The monoisotopic (exact) mass is 389 g/mol. The number of ether oxygens (including phenoxy) is 1. The van der Waals surface area contributed by atoms with E-state index in [-0.39, 0.29) is 17.9 Å². The van der Waals surface area contributed by atoms with Gasteiger partial charge >= 0.3 is 0 Å². The van der Waals surface area contributed by atoms with Crippen LogP contribution in [-0.4, -0.2) is 16.0 Å². The van der Waals surface area contributed by atoms with Gasteiger partial charge in [0.15, 0.2) is 5.84 Å². The van der Waals surface area contributed by atoms with E-state index in [1.54, 1.807) is 36.4 Å². The summed E-state index contributed by atoms with van der Waals surface area (Å²) in [5.41, 5.74) is 2.45. The van der Waals surface area contributed by atoms with Crippen LogP contribution in [0.5, 0.6) is 11.6 Å². The first-order chi connectivity index (χ1) is 13.0. The highest BCUT2D eigenvalue weighted by Gasteiger charge is 2.07. The third-order valence-electron chi connectivity index (χ3n) is 3.57. The fourth-order valence-corrected chi connectivity index (χ4v) is 2.35. The second-order valence-electron chi connectivity index (χ2n) is 5.45. The zero-order valence-corrected chi connectivity index (χ0v) is 14.6. The van der Waals surface area contributed by atoms with Gasteiger partial charge in [0.25, 0.3) is 0 Å². The maximum atomic E-state index is 13.7. The van der Waals surface area contributed by atoms with Crippen molar-refractivity contribution in [1.29, 1.82) is 0 Å². The predicted octanol–water partition coefficient (Wildman–Crippen LogP) is 4.73. The van der Waals surface area contributed by atoms with Crippen LogP contribution in [0.15, 0.2) is 65.8 Å². The second-order valence-corrected chi connectivity index (χ2v) is 5.89. The van der Waals surface area contributed by atoms with Crippen LogP contribution in [0.2, 0.25) is 5.02 Å². The number of nitrogens with one attached hydrogen (secondary N) is 1. The standard InChI is InChI=1S/C19H14ClF2N3O2/c20-14-2-5-16(6-3-14)27-18-8-1-12(10-23-18)19(25-26)24-11-13-9-15(21)4-7-17(13)22/h1-10,26H,11H2,(H,24,25). The van der Waals surface area contributed by atoms with E-state index in [1.165, 1.54) is 6.20 Å². The number of benzene rings is 2. The van der Waals surface area contributed by atoms with Gasteiger partial charge in [-0.25, -0.2) is 13.8 Å². The van der Waals surface area contributed by atoms with Crippen molar-refractivity contribution in [2.75, 3.05) is 0 Å². The van der Waals surface area contributed by atoms with Crippen molar-refractivity contribution in [3.63, 3.8) is 0 Å². The minimum atomic E-state index is -0.581. The maximum Gasteiger partial charge on any atom is 0.219 e. The largest absolute Gasteiger partial charge is 0.439 e. The lowest BCUT2D eigenvalue weighted by atomic mass is 10.2. The van der Waals surface area contributed by atoms with Gasteiger partial charge in [-0.05, 0) is 48.5 Å². The van der Waals surface area contributed by atoms with E-state index in [1.807, 2.05) is 5.48 Å². The first kappa shape index (κ1) is 18.8. The first-order valence-corrected chi connectivity index (χ1v) is 8.21. The van der Waals surface area contributed by atoms with Crippen molar-refractivity contribution < 1.29 is 18.7 Å². The van der Waals surface area contributed by atoms with Gasteiger partial charge in [0.1, 0.15) is 17.4 Å². The van der Waals surface area contributed by atoms with Gasteiger partial charge in [-0.2, -0.15) is 0 Å². The minimum absolute atomic E-state index is 0.0594. The molecule has 1 aromatic heterocycles. The fourth-order valence-electron chi connectivity index (χ4n) is 2.22. The summed E-state index contributed by atoms with van der Waals surface area (Å²) < 4.78 is 32.4. The van der Waals surface area contributed by atoms with Crippen LogP contribution in [0.4, 0.5) is 8.78 Å². The molecule has 0 aliphatic carbocycles. The lowest BCUT2D eigenvalue weighted by molar-refractivity contribution is 0.234. The molecule has 0 radical (unpaired) electrons. The van der Waals surface area contributed by atoms with Gasteiger partial charge in [0, 0.05) is 28.4 Å².